The molecule has 0 unspecified atom stereocenters. The van der Waals surface area contributed by atoms with E-state index in [9.17, 15) is 0 Å². The minimum atomic E-state index is 0.127. The Labute approximate surface area is 169 Å². The molecule has 2 heterocycles. The number of guanidine groups is 1. The molecule has 0 aliphatic heterocycles. The highest BCUT2D eigenvalue weighted by atomic mass is 32.1. The molecule has 148 valence electrons. The van der Waals surface area contributed by atoms with Crippen LogP contribution in [0.3, 0.4) is 0 Å². The van der Waals surface area contributed by atoms with E-state index in [0.29, 0.717) is 24.9 Å². The Kier molecular flexibility index (Phi) is 6.71. The monoisotopic (exact) mass is 398 g/mol. The standard InChI is InChI=1S/C21H26N4O2S/c1-14(2)27-18-10-15(3)7-8-16(18)11-23-21(22-4)24-12-17-13-26-20(25-17)19-6-5-9-28-19/h5-10,13-14H,11-12H2,1-4H3,(H2,22,23,24). The predicted octanol–water partition coefficient (Wildman–Crippen LogP) is 4.36. The van der Waals surface area contributed by atoms with Crippen LogP contribution in [0.15, 0.2) is 51.4 Å². The summed E-state index contributed by atoms with van der Waals surface area (Å²) >= 11 is 1.61. The van der Waals surface area contributed by atoms with Crippen LogP contribution in [0.25, 0.3) is 10.8 Å². The molecule has 3 aromatic rings. The average Bonchev–Trinajstić information content (AvgIpc) is 3.34. The molecule has 6 nitrogen and oxygen atoms in total. The van der Waals surface area contributed by atoms with Crippen molar-refractivity contribution in [2.45, 2.75) is 40.0 Å². The van der Waals surface area contributed by atoms with E-state index in [1.54, 1.807) is 24.6 Å². The first-order chi connectivity index (χ1) is 13.5. The largest absolute Gasteiger partial charge is 0.491 e. The number of rotatable bonds is 7. The predicted molar refractivity (Wildman–Crippen MR) is 114 cm³/mol. The van der Waals surface area contributed by atoms with Gasteiger partial charge in [0.2, 0.25) is 5.89 Å². The second-order valence-electron chi connectivity index (χ2n) is 6.68. The summed E-state index contributed by atoms with van der Waals surface area (Å²) in [5, 5.41) is 8.60. The zero-order chi connectivity index (χ0) is 19.9. The van der Waals surface area contributed by atoms with Gasteiger partial charge in [-0.1, -0.05) is 18.2 Å². The molecule has 0 spiro atoms. The average molecular weight is 399 g/mol. The van der Waals surface area contributed by atoms with Crippen molar-refractivity contribution in [2.75, 3.05) is 7.05 Å². The summed E-state index contributed by atoms with van der Waals surface area (Å²) in [6.07, 6.45) is 1.80. The van der Waals surface area contributed by atoms with Crippen molar-refractivity contribution >= 4 is 17.3 Å². The molecule has 0 amide bonds. The molecule has 3 rings (SSSR count). The van der Waals surface area contributed by atoms with Crippen molar-refractivity contribution in [3.05, 3.63) is 58.8 Å². The van der Waals surface area contributed by atoms with Gasteiger partial charge in [0.1, 0.15) is 12.0 Å². The van der Waals surface area contributed by atoms with Crippen LogP contribution in [0.4, 0.5) is 0 Å². The summed E-state index contributed by atoms with van der Waals surface area (Å²) in [5.74, 6) is 2.23. The van der Waals surface area contributed by atoms with Crippen LogP contribution in [-0.4, -0.2) is 24.1 Å². The minimum absolute atomic E-state index is 0.127. The summed E-state index contributed by atoms with van der Waals surface area (Å²) in [6.45, 7) is 7.26. The number of nitrogens with one attached hydrogen (secondary N) is 2. The first-order valence-electron chi connectivity index (χ1n) is 9.24. The highest BCUT2D eigenvalue weighted by Crippen LogP contribution is 2.24. The zero-order valence-electron chi connectivity index (χ0n) is 16.7. The van der Waals surface area contributed by atoms with Crippen LogP contribution in [0.5, 0.6) is 5.75 Å². The Morgan fingerprint density at radius 1 is 1.25 bits per heavy atom. The zero-order valence-corrected chi connectivity index (χ0v) is 17.5. The van der Waals surface area contributed by atoms with E-state index >= 15 is 0 Å². The number of aryl methyl sites for hydroxylation is 1. The van der Waals surface area contributed by atoms with Gasteiger partial charge in [-0.15, -0.1) is 11.3 Å². The molecular formula is C21H26N4O2S. The SMILES string of the molecule is CN=C(NCc1coc(-c2cccs2)n1)NCc1ccc(C)cc1OC(C)C. The molecule has 2 aromatic heterocycles. The number of hydrogen-bond donors (Lipinski definition) is 2. The molecule has 7 heteroatoms. The van der Waals surface area contributed by atoms with Crippen molar-refractivity contribution in [1.29, 1.82) is 0 Å². The maximum atomic E-state index is 5.94. The first-order valence-corrected chi connectivity index (χ1v) is 10.1. The van der Waals surface area contributed by atoms with Gasteiger partial charge in [0.15, 0.2) is 5.96 Å². The molecule has 0 atom stereocenters. The Morgan fingerprint density at radius 2 is 2.07 bits per heavy atom. The maximum absolute atomic E-state index is 5.94. The Morgan fingerprint density at radius 3 is 2.79 bits per heavy atom. The molecule has 0 fully saturated rings. The molecule has 0 aliphatic rings. The van der Waals surface area contributed by atoms with Crippen molar-refractivity contribution in [3.8, 4) is 16.5 Å². The number of nitrogens with zero attached hydrogens (tertiary/aromatic N) is 2. The summed E-state index contributed by atoms with van der Waals surface area (Å²) in [5.41, 5.74) is 3.09. The Balaban J connectivity index is 1.57. The van der Waals surface area contributed by atoms with Crippen LogP contribution < -0.4 is 15.4 Å². The molecule has 0 bridgehead atoms. The van der Waals surface area contributed by atoms with Gasteiger partial charge in [-0.25, -0.2) is 4.98 Å². The fourth-order valence-corrected chi connectivity index (χ4v) is 3.30. The van der Waals surface area contributed by atoms with E-state index in [4.69, 9.17) is 9.15 Å². The van der Waals surface area contributed by atoms with Crippen molar-refractivity contribution < 1.29 is 9.15 Å². The van der Waals surface area contributed by atoms with Crippen molar-refractivity contribution in [1.82, 2.24) is 15.6 Å². The quantitative estimate of drug-likeness (QED) is 0.457. The van der Waals surface area contributed by atoms with E-state index in [1.807, 2.05) is 31.4 Å². The van der Waals surface area contributed by atoms with Gasteiger partial charge in [-0.05, 0) is 43.8 Å². The molecular weight excluding hydrogens is 372 g/mol. The van der Waals surface area contributed by atoms with Crippen LogP contribution >= 0.6 is 11.3 Å². The molecule has 0 radical (unpaired) electrons. The second-order valence-corrected chi connectivity index (χ2v) is 7.63. The second kappa shape index (κ2) is 9.41. The number of aliphatic imine (C=N–C) groups is 1. The van der Waals surface area contributed by atoms with Gasteiger partial charge < -0.3 is 19.8 Å². The van der Waals surface area contributed by atoms with Crippen LogP contribution in [0.2, 0.25) is 0 Å². The van der Waals surface area contributed by atoms with Crippen molar-refractivity contribution in [3.63, 3.8) is 0 Å². The lowest BCUT2D eigenvalue weighted by Gasteiger charge is -2.17. The number of oxazole rings is 1. The number of aromatic nitrogens is 1. The number of hydrogen-bond acceptors (Lipinski definition) is 5. The topological polar surface area (TPSA) is 71.7 Å². The third kappa shape index (κ3) is 5.36. The van der Waals surface area contributed by atoms with E-state index in [1.165, 1.54) is 5.56 Å². The third-order valence-corrected chi connectivity index (χ3v) is 4.83. The van der Waals surface area contributed by atoms with Crippen LogP contribution in [0.1, 0.15) is 30.7 Å². The van der Waals surface area contributed by atoms with Gasteiger partial charge in [0.05, 0.1) is 23.2 Å². The molecule has 1 aromatic carbocycles. The first kappa shape index (κ1) is 19.9. The van der Waals surface area contributed by atoms with E-state index in [-0.39, 0.29) is 6.10 Å². The number of ether oxygens (including phenoxy) is 1. The van der Waals surface area contributed by atoms with Gasteiger partial charge in [-0.2, -0.15) is 0 Å². The summed E-state index contributed by atoms with van der Waals surface area (Å²) in [6, 6.07) is 10.2. The fraction of sp³-hybridized carbons (Fsp3) is 0.333. The molecule has 2 N–H and O–H groups in total. The smallest absolute Gasteiger partial charge is 0.236 e. The molecule has 28 heavy (non-hydrogen) atoms. The van der Waals surface area contributed by atoms with E-state index in [2.05, 4.69) is 45.7 Å². The van der Waals surface area contributed by atoms with Crippen LogP contribution in [-0.2, 0) is 13.1 Å². The lowest BCUT2D eigenvalue weighted by molar-refractivity contribution is 0.239. The highest BCUT2D eigenvalue weighted by molar-refractivity contribution is 7.13. The van der Waals surface area contributed by atoms with E-state index in [0.717, 1.165) is 21.9 Å². The van der Waals surface area contributed by atoms with Gasteiger partial charge in [0.25, 0.3) is 0 Å². The highest BCUT2D eigenvalue weighted by Gasteiger charge is 2.10. The molecule has 0 aliphatic carbocycles. The van der Waals surface area contributed by atoms with E-state index < -0.39 is 0 Å². The molecule has 0 saturated carbocycles. The lowest BCUT2D eigenvalue weighted by Crippen LogP contribution is -2.36. The maximum Gasteiger partial charge on any atom is 0.236 e. The number of thiophene rings is 1. The minimum Gasteiger partial charge on any atom is -0.491 e. The fourth-order valence-electron chi connectivity index (χ4n) is 2.65. The lowest BCUT2D eigenvalue weighted by atomic mass is 10.1. The van der Waals surface area contributed by atoms with Gasteiger partial charge in [0, 0.05) is 19.2 Å². The summed E-state index contributed by atoms with van der Waals surface area (Å²) in [7, 11) is 1.75. The van der Waals surface area contributed by atoms with Crippen molar-refractivity contribution in [2.24, 2.45) is 4.99 Å². The number of benzene rings is 1. The van der Waals surface area contributed by atoms with Gasteiger partial charge in [-0.3, -0.25) is 4.99 Å². The summed E-state index contributed by atoms with van der Waals surface area (Å²) < 4.78 is 11.5. The summed E-state index contributed by atoms with van der Waals surface area (Å²) in [4.78, 5) is 9.81. The Hall–Kier alpha value is -2.80. The van der Waals surface area contributed by atoms with Gasteiger partial charge >= 0.3 is 0 Å². The normalized spacial score (nSPS) is 11.7. The third-order valence-electron chi connectivity index (χ3n) is 3.98. The Bertz CT molecular complexity index is 916. The van der Waals surface area contributed by atoms with Crippen LogP contribution in [0, 0.1) is 6.92 Å². The molecule has 0 saturated heterocycles.